The van der Waals surface area contributed by atoms with E-state index < -0.39 is 5.92 Å². The van der Waals surface area contributed by atoms with Gasteiger partial charge >= 0.3 is 0 Å². The Balaban J connectivity index is 2.22. The molecule has 1 aliphatic carbocycles. The maximum absolute atomic E-state index is 13.0. The molecule has 1 atom stereocenters. The van der Waals surface area contributed by atoms with Gasteiger partial charge in [0.1, 0.15) is 28.2 Å². The highest BCUT2D eigenvalue weighted by atomic mass is 16.3. The summed E-state index contributed by atoms with van der Waals surface area (Å²) in [7, 11) is 0. The molecule has 0 saturated carbocycles. The Morgan fingerprint density at radius 3 is 2.64 bits per heavy atom. The summed E-state index contributed by atoms with van der Waals surface area (Å²) in [4.78, 5) is 25.7. The second kappa shape index (κ2) is 5.21. The lowest BCUT2D eigenvalue weighted by atomic mass is 9.95. The highest BCUT2D eigenvalue weighted by molar-refractivity contribution is 6.06. The van der Waals surface area contributed by atoms with Crippen molar-refractivity contribution in [2.45, 2.75) is 26.2 Å². The van der Waals surface area contributed by atoms with Gasteiger partial charge in [0.25, 0.3) is 0 Å². The molecule has 1 aromatic heterocycles. The number of fused-ring (bicyclic) bond motifs is 4. The van der Waals surface area contributed by atoms with Crippen LogP contribution in [0.1, 0.15) is 40.7 Å². The Morgan fingerprint density at radius 2 is 1.88 bits per heavy atom. The molecule has 0 aliphatic heterocycles. The highest BCUT2D eigenvalue weighted by Crippen LogP contribution is 2.42. The molecule has 0 radical (unpaired) electrons. The molecule has 2 N–H and O–H groups in total. The van der Waals surface area contributed by atoms with Crippen LogP contribution in [0.4, 0.5) is 0 Å². The van der Waals surface area contributed by atoms with Gasteiger partial charge in [0.15, 0.2) is 5.78 Å². The zero-order chi connectivity index (χ0) is 17.9. The van der Waals surface area contributed by atoms with E-state index in [4.69, 9.17) is 4.42 Å². The zero-order valence-corrected chi connectivity index (χ0v) is 13.8. The minimum Gasteiger partial charge on any atom is -0.507 e. The first kappa shape index (κ1) is 15.4. The van der Waals surface area contributed by atoms with Crippen LogP contribution in [0, 0.1) is 6.92 Å². The van der Waals surface area contributed by atoms with Crippen LogP contribution in [0.25, 0.3) is 22.3 Å². The maximum atomic E-state index is 13.0. The van der Waals surface area contributed by atoms with Crippen molar-refractivity contribution in [3.63, 3.8) is 0 Å². The molecule has 0 spiro atoms. The third kappa shape index (κ3) is 2.16. The number of hydrogen-bond acceptors (Lipinski definition) is 5. The van der Waals surface area contributed by atoms with Crippen LogP contribution in [0.3, 0.4) is 0 Å². The van der Waals surface area contributed by atoms with Gasteiger partial charge in [-0.05, 0) is 42.7 Å². The third-order valence-corrected chi connectivity index (χ3v) is 4.70. The lowest BCUT2D eigenvalue weighted by Crippen LogP contribution is -2.14. The van der Waals surface area contributed by atoms with E-state index in [-0.39, 0.29) is 51.4 Å². The Kier molecular flexibility index (Phi) is 3.22. The van der Waals surface area contributed by atoms with Gasteiger partial charge < -0.3 is 14.6 Å². The Bertz CT molecular complexity index is 1110. The fourth-order valence-electron chi connectivity index (χ4n) is 3.60. The lowest BCUT2D eigenvalue weighted by molar-refractivity contribution is 0.0975. The highest BCUT2D eigenvalue weighted by Gasteiger charge is 2.32. The Labute approximate surface area is 143 Å². The van der Waals surface area contributed by atoms with Gasteiger partial charge in [-0.1, -0.05) is 13.0 Å². The van der Waals surface area contributed by atoms with E-state index in [2.05, 4.69) is 0 Å². The molecule has 0 amide bonds. The third-order valence-electron chi connectivity index (χ3n) is 4.70. The van der Waals surface area contributed by atoms with Crippen LogP contribution >= 0.6 is 0 Å². The fourth-order valence-corrected chi connectivity index (χ4v) is 3.60. The SMILES string of the molecule is Cc1cc(O)c2c(c1)-c1oc3cccc(O)c3c(=O)c1[C@H](C)CC2=O. The number of Topliss-reactive ketones (excluding diaryl/α,β-unsaturated/α-hetero) is 1. The number of benzene rings is 2. The number of carbonyl (C=O) groups excluding carboxylic acids is 1. The summed E-state index contributed by atoms with van der Waals surface area (Å²) in [6.45, 7) is 3.57. The minimum absolute atomic E-state index is 0.0838. The molecule has 0 bridgehead atoms. The monoisotopic (exact) mass is 336 g/mol. The first-order valence-electron chi connectivity index (χ1n) is 8.04. The van der Waals surface area contributed by atoms with Gasteiger partial charge in [0.2, 0.25) is 5.43 Å². The molecule has 3 aromatic rings. The molecule has 5 heteroatoms. The van der Waals surface area contributed by atoms with E-state index in [0.717, 1.165) is 5.56 Å². The molecule has 126 valence electrons. The molecule has 0 saturated heterocycles. The normalized spacial score (nSPS) is 16.4. The van der Waals surface area contributed by atoms with E-state index in [1.807, 2.05) is 0 Å². The molecule has 0 unspecified atom stereocenters. The molecule has 1 heterocycles. The summed E-state index contributed by atoms with van der Waals surface area (Å²) < 4.78 is 5.96. The quantitative estimate of drug-likeness (QED) is 0.650. The average molecular weight is 336 g/mol. The van der Waals surface area contributed by atoms with Gasteiger partial charge in [-0.3, -0.25) is 9.59 Å². The van der Waals surface area contributed by atoms with Crippen molar-refractivity contribution in [3.05, 3.63) is 57.2 Å². The zero-order valence-electron chi connectivity index (χ0n) is 13.8. The van der Waals surface area contributed by atoms with Gasteiger partial charge in [-0.25, -0.2) is 0 Å². The summed E-state index contributed by atoms with van der Waals surface area (Å²) in [6, 6.07) is 7.89. The molecule has 2 aromatic carbocycles. The van der Waals surface area contributed by atoms with Crippen molar-refractivity contribution in [2.75, 3.05) is 0 Å². The van der Waals surface area contributed by atoms with Crippen molar-refractivity contribution < 1.29 is 19.4 Å². The number of aromatic hydroxyl groups is 2. The fraction of sp³-hybridized carbons (Fsp3) is 0.200. The number of aryl methyl sites for hydroxylation is 1. The summed E-state index contributed by atoms with van der Waals surface area (Å²) in [5, 5.41) is 20.5. The largest absolute Gasteiger partial charge is 0.507 e. The minimum atomic E-state index is -0.394. The number of rotatable bonds is 0. The van der Waals surface area contributed by atoms with Crippen molar-refractivity contribution in [1.82, 2.24) is 0 Å². The Morgan fingerprint density at radius 1 is 1.12 bits per heavy atom. The second-order valence-corrected chi connectivity index (χ2v) is 6.56. The standard InChI is InChI=1S/C20H16O5/c1-9-6-11-17(13(22)7-9)14(23)8-10(2)16-19(24)18-12(21)4-3-5-15(18)25-20(11)16/h3-7,10,21-22H,8H2,1-2H3/t10-/m1/s1. The van der Waals surface area contributed by atoms with Gasteiger partial charge in [0, 0.05) is 17.5 Å². The number of carbonyl (C=O) groups is 1. The Hall–Kier alpha value is -3.08. The molecule has 25 heavy (non-hydrogen) atoms. The van der Waals surface area contributed by atoms with Crippen LogP contribution in [0.5, 0.6) is 11.5 Å². The molecular formula is C20H16O5. The van der Waals surface area contributed by atoms with Gasteiger partial charge in [-0.2, -0.15) is 0 Å². The average Bonchev–Trinajstić information content (AvgIpc) is 2.62. The van der Waals surface area contributed by atoms with Crippen molar-refractivity contribution in [3.8, 4) is 22.8 Å². The summed E-state index contributed by atoms with van der Waals surface area (Å²) in [5.41, 5.74) is 1.61. The van der Waals surface area contributed by atoms with Gasteiger partial charge in [0.05, 0.1) is 5.56 Å². The van der Waals surface area contributed by atoms with Crippen LogP contribution in [0.2, 0.25) is 0 Å². The number of hydrogen-bond donors (Lipinski definition) is 2. The molecule has 1 aliphatic rings. The van der Waals surface area contributed by atoms with Gasteiger partial charge in [-0.15, -0.1) is 0 Å². The molecular weight excluding hydrogens is 320 g/mol. The first-order chi connectivity index (χ1) is 11.9. The van der Waals surface area contributed by atoms with Crippen molar-refractivity contribution in [2.24, 2.45) is 0 Å². The molecule has 5 nitrogen and oxygen atoms in total. The van der Waals surface area contributed by atoms with Crippen LogP contribution in [-0.2, 0) is 0 Å². The summed E-state index contributed by atoms with van der Waals surface area (Å²) in [6.07, 6.45) is 0.0838. The van der Waals surface area contributed by atoms with E-state index in [9.17, 15) is 19.8 Å². The molecule has 0 fully saturated rings. The van der Waals surface area contributed by atoms with E-state index in [0.29, 0.717) is 11.1 Å². The van der Waals surface area contributed by atoms with E-state index >= 15 is 0 Å². The predicted molar refractivity (Wildman–Crippen MR) is 93.3 cm³/mol. The second-order valence-electron chi connectivity index (χ2n) is 6.56. The van der Waals surface area contributed by atoms with Crippen LogP contribution in [-0.4, -0.2) is 16.0 Å². The lowest BCUT2D eigenvalue weighted by Gasteiger charge is -2.13. The van der Waals surface area contributed by atoms with E-state index in [1.165, 1.54) is 12.1 Å². The number of phenols is 2. The predicted octanol–water partition coefficient (Wildman–Crippen LogP) is 3.87. The summed E-state index contributed by atoms with van der Waals surface area (Å²) in [5.74, 6) is -0.604. The first-order valence-corrected chi connectivity index (χ1v) is 8.04. The van der Waals surface area contributed by atoms with Crippen molar-refractivity contribution >= 4 is 16.8 Å². The molecule has 4 rings (SSSR count). The maximum Gasteiger partial charge on any atom is 0.200 e. The summed E-state index contributed by atoms with van der Waals surface area (Å²) >= 11 is 0. The van der Waals surface area contributed by atoms with E-state index in [1.54, 1.807) is 32.0 Å². The van der Waals surface area contributed by atoms with Crippen LogP contribution in [0.15, 0.2) is 39.5 Å². The van der Waals surface area contributed by atoms with Crippen LogP contribution < -0.4 is 5.43 Å². The van der Waals surface area contributed by atoms with Crippen molar-refractivity contribution in [1.29, 1.82) is 0 Å². The topological polar surface area (TPSA) is 87.7 Å². The number of ketones is 1. The smallest absolute Gasteiger partial charge is 0.200 e. The number of phenolic OH excluding ortho intramolecular Hbond substituents is 2.